The van der Waals surface area contributed by atoms with Gasteiger partial charge in [0, 0.05) is 12.7 Å². The molecule has 1 aromatic heterocycles. The minimum Gasteiger partial charge on any atom is -0.313 e. The topological polar surface area (TPSA) is 98.4 Å². The van der Waals surface area contributed by atoms with Crippen molar-refractivity contribution in [3.63, 3.8) is 0 Å². The number of hydrogen-bond donors (Lipinski definition) is 2. The molecule has 1 fully saturated rings. The first-order chi connectivity index (χ1) is 11.5. The van der Waals surface area contributed by atoms with Crippen molar-refractivity contribution < 1.29 is 4.79 Å². The quantitative estimate of drug-likeness (QED) is 0.807. The number of likely N-dealkylation sites (N-methyl/N-ethyl adjacent to an activating group) is 1. The van der Waals surface area contributed by atoms with E-state index < -0.39 is 11.2 Å². The highest BCUT2D eigenvalue weighted by molar-refractivity contribution is 6.09. The molecule has 0 saturated heterocycles. The third-order valence-corrected chi connectivity index (χ3v) is 4.64. The molecule has 1 aliphatic carbocycles. The summed E-state index contributed by atoms with van der Waals surface area (Å²) >= 11 is 0. The van der Waals surface area contributed by atoms with Crippen molar-refractivity contribution in [1.29, 1.82) is 0 Å². The monoisotopic (exact) mass is 328 g/mol. The van der Waals surface area contributed by atoms with E-state index in [1.165, 1.54) is 6.20 Å². The third-order valence-electron chi connectivity index (χ3n) is 4.64. The number of hydrogen-bond acceptors (Lipinski definition) is 5. The Morgan fingerprint density at radius 2 is 2.17 bits per heavy atom. The molecule has 0 aromatic carbocycles. The highest BCUT2D eigenvalue weighted by atomic mass is 16.2. The Morgan fingerprint density at radius 3 is 2.71 bits per heavy atom. The van der Waals surface area contributed by atoms with Gasteiger partial charge in [0.2, 0.25) is 0 Å². The zero-order chi connectivity index (χ0) is 17.4. The van der Waals surface area contributed by atoms with Crippen molar-refractivity contribution in [3.05, 3.63) is 49.9 Å². The van der Waals surface area contributed by atoms with Crippen molar-refractivity contribution in [3.8, 4) is 0 Å². The largest absolute Gasteiger partial charge is 0.325 e. The smallest absolute Gasteiger partial charge is 0.313 e. The summed E-state index contributed by atoms with van der Waals surface area (Å²) < 4.78 is 0. The molecular weight excluding hydrogens is 308 g/mol. The van der Waals surface area contributed by atoms with Crippen molar-refractivity contribution >= 4 is 11.7 Å². The fraction of sp³-hybridized carbons (Fsp3) is 0.471. The number of H-pyrrole nitrogens is 2. The van der Waals surface area contributed by atoms with E-state index in [4.69, 9.17) is 0 Å². The summed E-state index contributed by atoms with van der Waals surface area (Å²) in [6.45, 7) is 6.70. The summed E-state index contributed by atoms with van der Waals surface area (Å²) in [5.74, 6) is 3.33. The molecule has 2 aliphatic rings. The maximum Gasteiger partial charge on any atom is 0.325 e. The van der Waals surface area contributed by atoms with Gasteiger partial charge >= 0.3 is 5.69 Å². The summed E-state index contributed by atoms with van der Waals surface area (Å²) in [5, 5.41) is 5.94. The number of rotatable bonds is 4. The predicted molar refractivity (Wildman–Crippen MR) is 90.3 cm³/mol. The van der Waals surface area contributed by atoms with E-state index in [0.717, 1.165) is 12.0 Å². The summed E-state index contributed by atoms with van der Waals surface area (Å²) in [6, 6.07) is 0. The van der Waals surface area contributed by atoms with Crippen LogP contribution in [0.1, 0.15) is 32.8 Å². The van der Waals surface area contributed by atoms with Crippen molar-refractivity contribution in [2.24, 2.45) is 22.9 Å². The van der Waals surface area contributed by atoms with Crippen molar-refractivity contribution in [2.45, 2.75) is 27.2 Å². The fourth-order valence-corrected chi connectivity index (χ4v) is 3.24. The van der Waals surface area contributed by atoms with Crippen LogP contribution in [0.2, 0.25) is 0 Å². The average Bonchev–Trinajstić information content (AvgIpc) is 3.34. The number of nitrogens with one attached hydrogen (secondary N) is 2. The molecule has 0 unspecified atom stereocenters. The van der Waals surface area contributed by atoms with Gasteiger partial charge in [-0.3, -0.25) is 14.8 Å². The Labute approximate surface area is 138 Å². The number of carbonyl (C=O) groups excluding carboxylic acids is 1. The first kappa shape index (κ1) is 16.2. The number of nitrogens with zero attached hydrogens (tertiary/aromatic N) is 2. The third kappa shape index (κ3) is 2.78. The van der Waals surface area contributed by atoms with Crippen LogP contribution in [0.25, 0.3) is 0 Å². The zero-order valence-corrected chi connectivity index (χ0v) is 13.9. The van der Waals surface area contributed by atoms with Gasteiger partial charge in [0.25, 0.3) is 5.56 Å². The van der Waals surface area contributed by atoms with Crippen LogP contribution in [0.15, 0.2) is 38.2 Å². The lowest BCUT2D eigenvalue weighted by Gasteiger charge is -2.25. The highest BCUT2D eigenvalue weighted by Crippen LogP contribution is 2.51. The van der Waals surface area contributed by atoms with Crippen LogP contribution in [0, 0.1) is 17.8 Å². The lowest BCUT2D eigenvalue weighted by atomic mass is 9.97. The molecule has 126 valence electrons. The Balaban J connectivity index is 2.08. The van der Waals surface area contributed by atoms with Gasteiger partial charge in [0.05, 0.1) is 11.3 Å². The summed E-state index contributed by atoms with van der Waals surface area (Å²) in [7, 11) is 0. The Hall–Kier alpha value is -2.66. The SMILES string of the molecule is CCN1N=C(c2c[nH]c(=O)[nH]c2=O)C=C([C@H]2C[C@@H]2C(C)C)C1=C=O. The van der Waals surface area contributed by atoms with Gasteiger partial charge in [-0.15, -0.1) is 0 Å². The second kappa shape index (κ2) is 6.09. The molecule has 1 saturated carbocycles. The summed E-state index contributed by atoms with van der Waals surface area (Å²) in [5.41, 5.74) is 0.970. The minimum atomic E-state index is -0.563. The lowest BCUT2D eigenvalue weighted by molar-refractivity contribution is 0.382. The molecular formula is C17H20N4O3. The Bertz CT molecular complexity index is 884. The lowest BCUT2D eigenvalue weighted by Crippen LogP contribution is -2.31. The average molecular weight is 328 g/mol. The van der Waals surface area contributed by atoms with E-state index in [1.807, 2.05) is 12.9 Å². The molecule has 2 heterocycles. The summed E-state index contributed by atoms with van der Waals surface area (Å²) in [4.78, 5) is 39.4. The van der Waals surface area contributed by atoms with Crippen LogP contribution < -0.4 is 11.2 Å². The molecule has 0 amide bonds. The number of allylic oxidation sites excluding steroid dienone is 2. The molecule has 0 radical (unpaired) electrons. The Morgan fingerprint density at radius 1 is 1.42 bits per heavy atom. The van der Waals surface area contributed by atoms with Crippen LogP contribution in [0.4, 0.5) is 0 Å². The van der Waals surface area contributed by atoms with Gasteiger partial charge in [-0.1, -0.05) is 13.8 Å². The highest BCUT2D eigenvalue weighted by Gasteiger charge is 2.44. The van der Waals surface area contributed by atoms with Gasteiger partial charge in [-0.25, -0.2) is 9.59 Å². The van der Waals surface area contributed by atoms with E-state index >= 15 is 0 Å². The molecule has 24 heavy (non-hydrogen) atoms. The summed E-state index contributed by atoms with van der Waals surface area (Å²) in [6.07, 6.45) is 4.15. The van der Waals surface area contributed by atoms with Crippen LogP contribution in [-0.2, 0) is 4.79 Å². The van der Waals surface area contributed by atoms with E-state index in [2.05, 4.69) is 28.9 Å². The molecule has 3 rings (SSSR count). The molecule has 1 aromatic rings. The van der Waals surface area contributed by atoms with Gasteiger partial charge < -0.3 is 4.98 Å². The Kier molecular flexibility index (Phi) is 4.11. The van der Waals surface area contributed by atoms with Gasteiger partial charge in [-0.05, 0) is 42.7 Å². The maximum atomic E-state index is 12.1. The number of aromatic amines is 2. The molecule has 1 aliphatic heterocycles. The van der Waals surface area contributed by atoms with Crippen molar-refractivity contribution in [1.82, 2.24) is 15.0 Å². The molecule has 2 N–H and O–H groups in total. The van der Waals surface area contributed by atoms with Gasteiger partial charge in [0.1, 0.15) is 5.70 Å². The van der Waals surface area contributed by atoms with Crippen LogP contribution >= 0.6 is 0 Å². The first-order valence-electron chi connectivity index (χ1n) is 8.11. The van der Waals surface area contributed by atoms with E-state index in [1.54, 1.807) is 11.1 Å². The van der Waals surface area contributed by atoms with Gasteiger partial charge in [0.15, 0.2) is 5.94 Å². The maximum absolute atomic E-state index is 12.1. The van der Waals surface area contributed by atoms with Gasteiger partial charge in [-0.2, -0.15) is 5.10 Å². The molecule has 7 nitrogen and oxygen atoms in total. The predicted octanol–water partition coefficient (Wildman–Crippen LogP) is 1.04. The number of hydrazone groups is 1. The number of aromatic nitrogens is 2. The zero-order valence-electron chi connectivity index (χ0n) is 13.9. The van der Waals surface area contributed by atoms with E-state index in [9.17, 15) is 14.4 Å². The van der Waals surface area contributed by atoms with E-state index in [0.29, 0.717) is 29.8 Å². The first-order valence-corrected chi connectivity index (χ1v) is 8.11. The fourth-order valence-electron chi connectivity index (χ4n) is 3.24. The van der Waals surface area contributed by atoms with Crippen LogP contribution in [0.5, 0.6) is 0 Å². The van der Waals surface area contributed by atoms with Crippen LogP contribution in [0.3, 0.4) is 0 Å². The van der Waals surface area contributed by atoms with E-state index in [-0.39, 0.29) is 11.5 Å². The minimum absolute atomic E-state index is 0.275. The normalized spacial score (nSPS) is 23.0. The molecule has 0 spiro atoms. The molecule has 7 heteroatoms. The van der Waals surface area contributed by atoms with Crippen LogP contribution in [-0.4, -0.2) is 33.2 Å². The molecule has 0 bridgehead atoms. The molecule has 2 atom stereocenters. The second-order valence-corrected chi connectivity index (χ2v) is 6.49. The standard InChI is InChI=1S/C17H20N4O3/c1-4-21-15(8-22)12(11-5-10(11)9(2)3)6-14(20-21)13-7-18-17(24)19-16(13)23/h6-7,9-11H,4-5H2,1-3H3,(H2,18,19,23,24)/t10-,11+/m1/s1. The van der Waals surface area contributed by atoms with Crippen molar-refractivity contribution in [2.75, 3.05) is 6.54 Å². The second-order valence-electron chi connectivity index (χ2n) is 6.49.